The SMILES string of the molecule is CC(Nc1nc(N[C@H]2CC[C@@H](N(C(=O)NCc3ccccc3)c3ccc(-c4cnn(C)c4)cn3)CC2)ncc1C#N)C(C)(C)O. The van der Waals surface area contributed by atoms with E-state index in [1.807, 2.05) is 62.6 Å². The van der Waals surface area contributed by atoms with Crippen molar-refractivity contribution in [2.24, 2.45) is 7.05 Å². The van der Waals surface area contributed by atoms with Crippen molar-refractivity contribution < 1.29 is 9.90 Å². The molecule has 2 amide bonds. The van der Waals surface area contributed by atoms with Crippen LogP contribution in [0.2, 0.25) is 0 Å². The Morgan fingerprint density at radius 2 is 1.84 bits per heavy atom. The standard InChI is InChI=1S/C33H40N10O2/c1-22(33(2,3)45)39-30-25(16-34)19-36-31(41-30)40-27-11-13-28(14-12-27)43(32(44)37-17-23-8-6-5-7-9-23)29-15-10-24(18-35-29)26-20-38-42(4)21-26/h5-10,15,18-22,27-28,45H,11-14,17H2,1-4H3,(H,37,44)(H2,36,39,40,41)/t22?,27-,28+. The van der Waals surface area contributed by atoms with Gasteiger partial charge in [-0.3, -0.25) is 9.58 Å². The fourth-order valence-electron chi connectivity index (χ4n) is 5.27. The molecule has 0 bridgehead atoms. The van der Waals surface area contributed by atoms with Gasteiger partial charge in [-0.25, -0.2) is 14.8 Å². The van der Waals surface area contributed by atoms with E-state index in [0.29, 0.717) is 29.7 Å². The summed E-state index contributed by atoms with van der Waals surface area (Å²) in [6.07, 6.45) is 10.1. The zero-order valence-corrected chi connectivity index (χ0v) is 26.1. The largest absolute Gasteiger partial charge is 0.388 e. The predicted molar refractivity (Wildman–Crippen MR) is 173 cm³/mol. The molecule has 1 atom stereocenters. The number of carbonyl (C=O) groups excluding carboxylic acids is 1. The maximum atomic E-state index is 13.7. The number of urea groups is 1. The summed E-state index contributed by atoms with van der Waals surface area (Å²) in [7, 11) is 1.87. The van der Waals surface area contributed by atoms with Crippen molar-refractivity contribution >= 4 is 23.6 Å². The molecule has 0 saturated heterocycles. The van der Waals surface area contributed by atoms with Crippen LogP contribution >= 0.6 is 0 Å². The monoisotopic (exact) mass is 608 g/mol. The number of amides is 2. The second-order valence-corrected chi connectivity index (χ2v) is 12.1. The van der Waals surface area contributed by atoms with Crippen molar-refractivity contribution in [3.05, 3.63) is 78.4 Å². The summed E-state index contributed by atoms with van der Waals surface area (Å²) in [5.41, 5.74) is 2.21. The summed E-state index contributed by atoms with van der Waals surface area (Å²) in [6.45, 7) is 5.65. The Balaban J connectivity index is 1.28. The first-order valence-electron chi connectivity index (χ1n) is 15.2. The molecule has 1 fully saturated rings. The lowest BCUT2D eigenvalue weighted by atomic mass is 9.90. The number of hydrogen-bond acceptors (Lipinski definition) is 9. The number of aliphatic hydroxyl groups is 1. The summed E-state index contributed by atoms with van der Waals surface area (Å²) in [5.74, 6) is 1.38. The van der Waals surface area contributed by atoms with E-state index in [-0.39, 0.29) is 24.2 Å². The minimum Gasteiger partial charge on any atom is -0.388 e. The van der Waals surface area contributed by atoms with E-state index in [1.165, 1.54) is 6.20 Å². The molecule has 4 aromatic rings. The van der Waals surface area contributed by atoms with Crippen LogP contribution in [0.1, 0.15) is 57.6 Å². The normalized spacial score (nSPS) is 17.2. The van der Waals surface area contributed by atoms with Crippen LogP contribution in [0.5, 0.6) is 0 Å². The summed E-state index contributed by atoms with van der Waals surface area (Å²) in [5, 5.41) is 33.8. The third-order valence-corrected chi connectivity index (χ3v) is 8.26. The average Bonchev–Trinajstić information content (AvgIpc) is 3.47. The number of aryl methyl sites for hydroxylation is 1. The van der Waals surface area contributed by atoms with E-state index in [2.05, 4.69) is 37.1 Å². The Bertz CT molecular complexity index is 1620. The lowest BCUT2D eigenvalue weighted by Crippen LogP contribution is -2.49. The third kappa shape index (κ3) is 7.93. The molecule has 12 heteroatoms. The first-order valence-corrected chi connectivity index (χ1v) is 15.2. The quantitative estimate of drug-likeness (QED) is 0.197. The molecular weight excluding hydrogens is 568 g/mol. The fraction of sp³-hybridized carbons (Fsp3) is 0.394. The molecule has 1 aliphatic carbocycles. The first kappa shape index (κ1) is 31.4. The topological polar surface area (TPSA) is 157 Å². The smallest absolute Gasteiger partial charge is 0.323 e. The fourth-order valence-corrected chi connectivity index (χ4v) is 5.27. The summed E-state index contributed by atoms with van der Waals surface area (Å²) in [6, 6.07) is 15.3. The molecule has 3 aromatic heterocycles. The van der Waals surface area contributed by atoms with Crippen LogP contribution in [-0.2, 0) is 13.6 Å². The Hall–Kier alpha value is -5.02. The van der Waals surface area contributed by atoms with Crippen molar-refractivity contribution in [1.29, 1.82) is 5.26 Å². The van der Waals surface area contributed by atoms with E-state index in [9.17, 15) is 15.2 Å². The lowest BCUT2D eigenvalue weighted by molar-refractivity contribution is 0.0647. The Kier molecular flexibility index (Phi) is 9.59. The van der Waals surface area contributed by atoms with Gasteiger partial charge < -0.3 is 21.1 Å². The molecule has 0 radical (unpaired) electrons. The number of hydrogen-bond donors (Lipinski definition) is 4. The molecule has 3 heterocycles. The molecule has 12 nitrogen and oxygen atoms in total. The van der Waals surface area contributed by atoms with Gasteiger partial charge in [-0.05, 0) is 64.2 Å². The number of benzene rings is 1. The molecular formula is C33H40N10O2. The molecule has 1 saturated carbocycles. The highest BCUT2D eigenvalue weighted by atomic mass is 16.3. The average molecular weight is 609 g/mol. The van der Waals surface area contributed by atoms with Gasteiger partial charge in [0, 0.05) is 49.2 Å². The Labute approximate surface area is 263 Å². The molecule has 1 unspecified atom stereocenters. The second-order valence-electron chi connectivity index (χ2n) is 12.1. The number of carbonyl (C=O) groups is 1. The summed E-state index contributed by atoms with van der Waals surface area (Å²) < 4.78 is 1.75. The zero-order valence-electron chi connectivity index (χ0n) is 26.1. The van der Waals surface area contributed by atoms with Crippen LogP contribution in [0.4, 0.5) is 22.4 Å². The predicted octanol–water partition coefficient (Wildman–Crippen LogP) is 4.85. The number of nitrogens with zero attached hydrogens (tertiary/aromatic N) is 7. The van der Waals surface area contributed by atoms with E-state index < -0.39 is 5.60 Å². The zero-order chi connectivity index (χ0) is 32.0. The van der Waals surface area contributed by atoms with Crippen LogP contribution in [0.15, 0.2) is 67.3 Å². The highest BCUT2D eigenvalue weighted by Crippen LogP contribution is 2.30. The number of nitriles is 1. The van der Waals surface area contributed by atoms with Crippen molar-refractivity contribution in [2.75, 3.05) is 15.5 Å². The summed E-state index contributed by atoms with van der Waals surface area (Å²) in [4.78, 5) is 29.1. The van der Waals surface area contributed by atoms with Gasteiger partial charge >= 0.3 is 6.03 Å². The van der Waals surface area contributed by atoms with Crippen molar-refractivity contribution in [3.63, 3.8) is 0 Å². The molecule has 5 rings (SSSR count). The van der Waals surface area contributed by atoms with Gasteiger partial charge in [-0.1, -0.05) is 30.3 Å². The van der Waals surface area contributed by atoms with Crippen molar-refractivity contribution in [2.45, 2.75) is 76.7 Å². The van der Waals surface area contributed by atoms with Gasteiger partial charge in [0.25, 0.3) is 0 Å². The van der Waals surface area contributed by atoms with Crippen LogP contribution in [0, 0.1) is 11.3 Å². The van der Waals surface area contributed by atoms with E-state index in [4.69, 9.17) is 4.98 Å². The van der Waals surface area contributed by atoms with Gasteiger partial charge in [0.15, 0.2) is 0 Å². The molecule has 4 N–H and O–H groups in total. The number of rotatable bonds is 10. The third-order valence-electron chi connectivity index (χ3n) is 8.26. The number of aromatic nitrogens is 5. The van der Waals surface area contributed by atoms with E-state index >= 15 is 0 Å². The van der Waals surface area contributed by atoms with Crippen molar-refractivity contribution in [1.82, 2.24) is 30.0 Å². The number of nitrogens with one attached hydrogen (secondary N) is 3. The van der Waals surface area contributed by atoms with E-state index in [0.717, 1.165) is 42.4 Å². The van der Waals surface area contributed by atoms with Crippen LogP contribution in [0.25, 0.3) is 11.1 Å². The first-order chi connectivity index (χ1) is 21.6. The highest BCUT2D eigenvalue weighted by Gasteiger charge is 2.31. The minimum absolute atomic E-state index is 0.0534. The lowest BCUT2D eigenvalue weighted by Gasteiger charge is -2.36. The molecule has 0 spiro atoms. The second kappa shape index (κ2) is 13.7. The van der Waals surface area contributed by atoms with Gasteiger partial charge in [0.05, 0.1) is 24.0 Å². The Morgan fingerprint density at radius 1 is 1.09 bits per heavy atom. The number of anilines is 3. The number of pyridine rings is 1. The van der Waals surface area contributed by atoms with Gasteiger partial charge in [0.1, 0.15) is 23.3 Å². The van der Waals surface area contributed by atoms with Crippen LogP contribution in [-0.4, -0.2) is 59.6 Å². The molecule has 1 aromatic carbocycles. The highest BCUT2D eigenvalue weighted by molar-refractivity contribution is 5.91. The molecule has 45 heavy (non-hydrogen) atoms. The van der Waals surface area contributed by atoms with Gasteiger partial charge in [-0.15, -0.1) is 0 Å². The molecule has 0 aliphatic heterocycles. The van der Waals surface area contributed by atoms with Crippen LogP contribution < -0.4 is 20.9 Å². The molecule has 1 aliphatic rings. The van der Waals surface area contributed by atoms with Crippen molar-refractivity contribution in [3.8, 4) is 17.2 Å². The molecule has 234 valence electrons. The maximum absolute atomic E-state index is 13.7. The van der Waals surface area contributed by atoms with Crippen LogP contribution in [0.3, 0.4) is 0 Å². The van der Waals surface area contributed by atoms with Gasteiger partial charge in [-0.2, -0.15) is 15.3 Å². The minimum atomic E-state index is -1.00. The van der Waals surface area contributed by atoms with E-state index in [1.54, 1.807) is 35.8 Å². The Morgan fingerprint density at radius 3 is 2.47 bits per heavy atom. The van der Waals surface area contributed by atoms with Gasteiger partial charge in [0.2, 0.25) is 5.95 Å². The maximum Gasteiger partial charge on any atom is 0.323 e. The summed E-state index contributed by atoms with van der Waals surface area (Å²) >= 11 is 0.